The number of nitrogens with zero attached hydrogens (tertiary/aromatic N) is 1. The van der Waals surface area contributed by atoms with Crippen molar-refractivity contribution in [3.63, 3.8) is 0 Å². The maximum Gasteiger partial charge on any atom is 0.306 e. The van der Waals surface area contributed by atoms with Crippen molar-refractivity contribution >= 4 is 17.9 Å². The van der Waals surface area contributed by atoms with Gasteiger partial charge < -0.3 is 33.3 Å². The zero-order valence-electron chi connectivity index (χ0n) is 65.8. The number of carboxylic acid groups (broad SMARTS) is 1. The van der Waals surface area contributed by atoms with Gasteiger partial charge in [-0.15, -0.1) is 0 Å². The molecule has 0 aromatic carbocycles. The normalized spacial score (nSPS) is 12.5. The second-order valence-corrected chi connectivity index (χ2v) is 31.6. The molecule has 0 N–H and O–H groups in total. The fourth-order valence-electron chi connectivity index (χ4n) is 14.0. The van der Waals surface area contributed by atoms with Gasteiger partial charge >= 0.3 is 11.9 Å². The number of likely N-dealkylation sites (N-methyl/N-ethyl adjacent to an activating group) is 1. The molecule has 0 bridgehead atoms. The van der Waals surface area contributed by atoms with Crippen LogP contribution in [0.2, 0.25) is 0 Å². The Labute approximate surface area is 600 Å². The predicted octanol–water partition coefficient (Wildman–Crippen LogP) is 26.8. The molecule has 9 heteroatoms. The molecule has 0 fully saturated rings. The van der Waals surface area contributed by atoms with Crippen LogP contribution in [0.1, 0.15) is 483 Å². The minimum atomic E-state index is -1.62. The standard InChI is InChI=1S/C87H171NO8/c1-6-8-10-12-14-16-18-20-22-24-26-28-30-32-34-36-38-39-40-41-42-43-44-45-46-47-48-50-52-54-56-58-60-62-64-66-68-70-72-74-76-78-85(90)96-83(82-95-87(86(91)92)93-80-79-88(3,4)5)81-94-84(89)77-75-73-71-69-67-65-63-61-59-57-55-53-51-49-37-35-33-31-29-27-25-23-21-19-17-15-13-11-9-7-2/h83,87H,6-82H2,1-5H3. The molecular weight excluding hydrogens is 1190 g/mol. The molecule has 0 rings (SSSR count). The van der Waals surface area contributed by atoms with Crippen LogP contribution in [0.5, 0.6) is 0 Å². The van der Waals surface area contributed by atoms with E-state index in [9.17, 15) is 19.5 Å². The SMILES string of the molecule is CCCCCCCCCCCCCCCCCCCCCCCCCCCCCCCCCCCCCCCCCCCC(=O)OC(COC(=O)CCCCCCCCCCCCCCCCCCCCCCCCCCCCCCCC)COC(OCC[N+](C)(C)C)C(=O)[O-]. The molecule has 2 unspecified atom stereocenters. The van der Waals surface area contributed by atoms with E-state index in [2.05, 4.69) is 13.8 Å². The second-order valence-electron chi connectivity index (χ2n) is 31.6. The number of carbonyl (C=O) groups excluding carboxylic acids is 3. The average molecular weight is 1360 g/mol. The number of esters is 2. The minimum absolute atomic E-state index is 0.154. The lowest BCUT2D eigenvalue weighted by molar-refractivity contribution is -0.870. The highest BCUT2D eigenvalue weighted by atomic mass is 16.7. The van der Waals surface area contributed by atoms with E-state index in [-0.39, 0.29) is 32.2 Å². The van der Waals surface area contributed by atoms with Gasteiger partial charge in [-0.2, -0.15) is 0 Å². The summed E-state index contributed by atoms with van der Waals surface area (Å²) in [6.07, 6.45) is 95.6. The average Bonchev–Trinajstić information content (AvgIpc) is 2.59. The molecule has 0 aromatic rings. The van der Waals surface area contributed by atoms with Gasteiger partial charge in [0.25, 0.3) is 0 Å². The molecule has 0 aliphatic rings. The van der Waals surface area contributed by atoms with Crippen molar-refractivity contribution in [3.05, 3.63) is 0 Å². The number of quaternary nitrogens is 1. The van der Waals surface area contributed by atoms with E-state index in [1.54, 1.807) is 0 Å². The van der Waals surface area contributed by atoms with E-state index >= 15 is 0 Å². The van der Waals surface area contributed by atoms with Crippen molar-refractivity contribution < 1.29 is 42.9 Å². The Bertz CT molecular complexity index is 1530. The summed E-state index contributed by atoms with van der Waals surface area (Å²) < 4.78 is 22.9. The molecule has 0 aromatic heterocycles. The fraction of sp³-hybridized carbons (Fsp3) is 0.966. The van der Waals surface area contributed by atoms with Crippen LogP contribution in [0.15, 0.2) is 0 Å². The van der Waals surface area contributed by atoms with Gasteiger partial charge in [0.2, 0.25) is 0 Å². The van der Waals surface area contributed by atoms with E-state index in [0.29, 0.717) is 17.4 Å². The first kappa shape index (κ1) is 94.3. The van der Waals surface area contributed by atoms with E-state index in [1.807, 2.05) is 21.1 Å². The fourth-order valence-corrected chi connectivity index (χ4v) is 14.0. The van der Waals surface area contributed by atoms with Crippen molar-refractivity contribution in [2.45, 2.75) is 495 Å². The Morgan fingerprint density at radius 3 is 0.667 bits per heavy atom. The molecule has 96 heavy (non-hydrogen) atoms. The van der Waals surface area contributed by atoms with Crippen molar-refractivity contribution in [2.24, 2.45) is 0 Å². The molecule has 0 aliphatic heterocycles. The van der Waals surface area contributed by atoms with Gasteiger partial charge in [-0.1, -0.05) is 457 Å². The summed E-state index contributed by atoms with van der Waals surface area (Å²) in [4.78, 5) is 37.6. The van der Waals surface area contributed by atoms with Crippen molar-refractivity contribution in [2.75, 3.05) is 47.5 Å². The van der Waals surface area contributed by atoms with E-state index < -0.39 is 24.3 Å². The lowest BCUT2D eigenvalue weighted by Crippen LogP contribution is -2.44. The van der Waals surface area contributed by atoms with Gasteiger partial charge in [0.15, 0.2) is 12.4 Å². The summed E-state index contributed by atoms with van der Waals surface area (Å²) in [6, 6.07) is 0. The zero-order chi connectivity index (χ0) is 69.7. The lowest BCUT2D eigenvalue weighted by atomic mass is 10.0. The van der Waals surface area contributed by atoms with Gasteiger partial charge in [-0.25, -0.2) is 0 Å². The van der Waals surface area contributed by atoms with E-state index in [4.69, 9.17) is 18.9 Å². The molecular formula is C87H171NO8. The maximum absolute atomic E-state index is 13.0. The monoisotopic (exact) mass is 1360 g/mol. The van der Waals surface area contributed by atoms with Gasteiger partial charge in [0.1, 0.15) is 13.2 Å². The van der Waals surface area contributed by atoms with Crippen molar-refractivity contribution in [1.82, 2.24) is 0 Å². The van der Waals surface area contributed by atoms with Gasteiger partial charge in [0, 0.05) is 12.8 Å². The Balaban J connectivity index is 3.88. The summed E-state index contributed by atoms with van der Waals surface area (Å²) in [7, 11) is 5.96. The zero-order valence-corrected chi connectivity index (χ0v) is 65.8. The summed E-state index contributed by atoms with van der Waals surface area (Å²) >= 11 is 0. The smallest absolute Gasteiger partial charge is 0.306 e. The summed E-state index contributed by atoms with van der Waals surface area (Å²) in [5.74, 6) is -2.24. The molecule has 9 nitrogen and oxygen atoms in total. The number of rotatable bonds is 84. The molecule has 0 saturated heterocycles. The van der Waals surface area contributed by atoms with Gasteiger partial charge in [0.05, 0.1) is 40.3 Å². The maximum atomic E-state index is 13.0. The Kier molecular flexibility index (Phi) is 77.6. The topological polar surface area (TPSA) is 111 Å². The summed E-state index contributed by atoms with van der Waals surface area (Å²) in [5, 5.41) is 11.9. The molecule has 0 amide bonds. The number of ether oxygens (including phenoxy) is 4. The quantitative estimate of drug-likeness (QED) is 0.0256. The predicted molar refractivity (Wildman–Crippen MR) is 413 cm³/mol. The third-order valence-electron chi connectivity index (χ3n) is 20.6. The van der Waals surface area contributed by atoms with Gasteiger partial charge in [-0.3, -0.25) is 9.59 Å². The van der Waals surface area contributed by atoms with Crippen molar-refractivity contribution in [3.8, 4) is 0 Å². The Hall–Kier alpha value is -1.71. The number of aliphatic carboxylic acids is 1. The molecule has 0 spiro atoms. The van der Waals surface area contributed by atoms with Crippen LogP contribution in [0, 0.1) is 0 Å². The van der Waals surface area contributed by atoms with Crippen LogP contribution >= 0.6 is 0 Å². The number of hydrogen-bond acceptors (Lipinski definition) is 8. The van der Waals surface area contributed by atoms with E-state index in [1.165, 1.54) is 417 Å². The van der Waals surface area contributed by atoms with E-state index in [0.717, 1.165) is 38.5 Å². The molecule has 0 radical (unpaired) electrons. The molecule has 0 aliphatic carbocycles. The molecule has 2 atom stereocenters. The second kappa shape index (κ2) is 79.0. The number of unbranched alkanes of at least 4 members (excludes halogenated alkanes) is 69. The highest BCUT2D eigenvalue weighted by Crippen LogP contribution is 2.22. The lowest BCUT2D eigenvalue weighted by Gasteiger charge is -2.26. The van der Waals surface area contributed by atoms with Crippen LogP contribution < -0.4 is 5.11 Å². The Morgan fingerprint density at radius 1 is 0.271 bits per heavy atom. The minimum Gasteiger partial charge on any atom is -0.545 e. The third kappa shape index (κ3) is 79.6. The van der Waals surface area contributed by atoms with Gasteiger partial charge in [-0.05, 0) is 12.8 Å². The van der Waals surface area contributed by atoms with Crippen LogP contribution in [-0.4, -0.2) is 82.3 Å². The number of hydrogen-bond donors (Lipinski definition) is 0. The first-order chi connectivity index (χ1) is 47.1. The highest BCUT2D eigenvalue weighted by Gasteiger charge is 2.22. The molecule has 572 valence electrons. The molecule has 0 saturated carbocycles. The van der Waals surface area contributed by atoms with Crippen molar-refractivity contribution in [1.29, 1.82) is 0 Å². The highest BCUT2D eigenvalue weighted by molar-refractivity contribution is 5.70. The first-order valence-corrected chi connectivity index (χ1v) is 43.7. The van der Waals surface area contributed by atoms with Crippen LogP contribution in [-0.2, 0) is 33.3 Å². The molecule has 0 heterocycles. The number of carboxylic acids is 1. The summed E-state index contributed by atoms with van der Waals surface area (Å²) in [6.45, 7) is 4.86. The van der Waals surface area contributed by atoms with Crippen LogP contribution in [0.4, 0.5) is 0 Å². The largest absolute Gasteiger partial charge is 0.545 e. The first-order valence-electron chi connectivity index (χ1n) is 43.7. The Morgan fingerprint density at radius 2 is 0.469 bits per heavy atom. The summed E-state index contributed by atoms with van der Waals surface area (Å²) in [5.41, 5.74) is 0. The third-order valence-corrected chi connectivity index (χ3v) is 20.6. The van der Waals surface area contributed by atoms with Crippen LogP contribution in [0.25, 0.3) is 0 Å². The van der Waals surface area contributed by atoms with Crippen LogP contribution in [0.3, 0.4) is 0 Å². The number of carbonyl (C=O) groups is 3.